The molecule has 3 heteroatoms. The van der Waals surface area contributed by atoms with Crippen molar-refractivity contribution in [2.45, 2.75) is 20.0 Å². The number of carbonyl (C=O) groups is 1. The second kappa shape index (κ2) is 4.63. The predicted molar refractivity (Wildman–Crippen MR) is 66.9 cm³/mol. The topological polar surface area (TPSA) is 50.2 Å². The Hall–Kier alpha value is -1.74. The van der Waals surface area contributed by atoms with Gasteiger partial charge in [0.05, 0.1) is 5.52 Å². The molecule has 0 saturated carbocycles. The van der Waals surface area contributed by atoms with Crippen molar-refractivity contribution in [1.82, 2.24) is 4.98 Å². The summed E-state index contributed by atoms with van der Waals surface area (Å²) in [5.74, 6) is -0.354. The molecule has 0 amide bonds. The molecule has 2 rings (SSSR count). The number of carbonyl (C=O) groups excluding carboxylic acids is 1. The van der Waals surface area contributed by atoms with Crippen molar-refractivity contribution < 1.29 is 9.90 Å². The Balaban J connectivity index is 2.40. The summed E-state index contributed by atoms with van der Waals surface area (Å²) in [6, 6.07) is 9.37. The van der Waals surface area contributed by atoms with Gasteiger partial charge in [-0.1, -0.05) is 32.0 Å². The van der Waals surface area contributed by atoms with Gasteiger partial charge in [-0.15, -0.1) is 0 Å². The highest BCUT2D eigenvalue weighted by molar-refractivity contribution is 6.01. The van der Waals surface area contributed by atoms with Crippen molar-refractivity contribution in [2.75, 3.05) is 0 Å². The molecule has 0 bridgehead atoms. The van der Waals surface area contributed by atoms with Crippen molar-refractivity contribution in [2.24, 2.45) is 5.92 Å². The molecule has 3 nitrogen and oxygen atoms in total. The number of hydrogen-bond donors (Lipinski definition) is 1. The van der Waals surface area contributed by atoms with Crippen LogP contribution in [0.15, 0.2) is 36.5 Å². The van der Waals surface area contributed by atoms with Crippen LogP contribution in [0.5, 0.6) is 0 Å². The number of aliphatic hydroxyl groups excluding tert-OH is 1. The number of rotatable bonds is 3. The number of Topliss-reactive ketones (excluding diaryl/α,β-unsaturated/α-hetero) is 1. The molecule has 0 fully saturated rings. The molecule has 0 saturated heterocycles. The zero-order valence-corrected chi connectivity index (χ0v) is 9.92. The summed E-state index contributed by atoms with van der Waals surface area (Å²) in [6.07, 6.45) is 0.564. The van der Waals surface area contributed by atoms with Crippen LogP contribution in [0.3, 0.4) is 0 Å². The third kappa shape index (κ3) is 2.34. The minimum Gasteiger partial charge on any atom is -0.385 e. The molecule has 1 N–H and O–H groups in total. The molecule has 17 heavy (non-hydrogen) atoms. The predicted octanol–water partition coefficient (Wildman–Crippen LogP) is 2.43. The average Bonchev–Trinajstić information content (AvgIpc) is 2.36. The molecular formula is C14H15NO2. The molecule has 88 valence electrons. The van der Waals surface area contributed by atoms with E-state index in [1.807, 2.05) is 38.1 Å². The van der Waals surface area contributed by atoms with E-state index in [0.717, 1.165) is 10.9 Å². The summed E-state index contributed by atoms with van der Waals surface area (Å²) < 4.78 is 0. The van der Waals surface area contributed by atoms with Crippen molar-refractivity contribution in [3.63, 3.8) is 0 Å². The maximum Gasteiger partial charge on any atom is 0.193 e. The van der Waals surface area contributed by atoms with E-state index >= 15 is 0 Å². The maximum atomic E-state index is 11.9. The minimum atomic E-state index is -0.960. The van der Waals surface area contributed by atoms with Crippen LogP contribution >= 0.6 is 0 Å². The van der Waals surface area contributed by atoms with Crippen LogP contribution in [-0.4, -0.2) is 22.0 Å². The SMILES string of the molecule is CC(C)C(O)C(=O)c1cnc2ccccc2c1. The summed E-state index contributed by atoms with van der Waals surface area (Å²) in [6.45, 7) is 3.63. The largest absolute Gasteiger partial charge is 0.385 e. The highest BCUT2D eigenvalue weighted by Gasteiger charge is 2.20. The van der Waals surface area contributed by atoms with Gasteiger partial charge in [-0.05, 0) is 18.1 Å². The Labute approximate surface area is 100 Å². The highest BCUT2D eigenvalue weighted by Crippen LogP contribution is 2.15. The van der Waals surface area contributed by atoms with Crippen LogP contribution in [0.4, 0.5) is 0 Å². The lowest BCUT2D eigenvalue weighted by Gasteiger charge is -2.13. The van der Waals surface area contributed by atoms with E-state index < -0.39 is 6.10 Å². The van der Waals surface area contributed by atoms with Gasteiger partial charge in [0.1, 0.15) is 6.10 Å². The van der Waals surface area contributed by atoms with Gasteiger partial charge in [0.25, 0.3) is 0 Å². The lowest BCUT2D eigenvalue weighted by atomic mass is 9.98. The Bertz CT molecular complexity index is 549. The van der Waals surface area contributed by atoms with Gasteiger partial charge in [0.15, 0.2) is 5.78 Å². The zero-order valence-electron chi connectivity index (χ0n) is 9.92. The molecule has 1 aromatic carbocycles. The van der Waals surface area contributed by atoms with Crippen LogP contribution < -0.4 is 0 Å². The maximum absolute atomic E-state index is 11.9. The number of para-hydroxylation sites is 1. The third-order valence-electron chi connectivity index (χ3n) is 2.78. The number of aromatic nitrogens is 1. The second-order valence-corrected chi connectivity index (χ2v) is 4.47. The lowest BCUT2D eigenvalue weighted by molar-refractivity contribution is 0.0647. The number of ketones is 1. The first-order valence-electron chi connectivity index (χ1n) is 5.66. The fourth-order valence-electron chi connectivity index (χ4n) is 1.68. The summed E-state index contributed by atoms with van der Waals surface area (Å²) in [4.78, 5) is 16.2. The van der Waals surface area contributed by atoms with E-state index in [0.29, 0.717) is 5.56 Å². The van der Waals surface area contributed by atoms with E-state index in [4.69, 9.17) is 0 Å². The summed E-state index contributed by atoms with van der Waals surface area (Å²) >= 11 is 0. The normalized spacial score (nSPS) is 12.9. The molecule has 0 aliphatic carbocycles. The lowest BCUT2D eigenvalue weighted by Crippen LogP contribution is -2.26. The van der Waals surface area contributed by atoms with Crippen LogP contribution in [-0.2, 0) is 0 Å². The van der Waals surface area contributed by atoms with Crippen molar-refractivity contribution in [3.8, 4) is 0 Å². The minimum absolute atomic E-state index is 0.0889. The molecule has 0 radical (unpaired) electrons. The quantitative estimate of drug-likeness (QED) is 0.822. The molecule has 1 unspecified atom stereocenters. The molecule has 2 aromatic rings. The number of nitrogens with zero attached hydrogens (tertiary/aromatic N) is 1. The van der Waals surface area contributed by atoms with Crippen LogP contribution in [0, 0.1) is 5.92 Å². The molecule has 0 aliphatic rings. The van der Waals surface area contributed by atoms with Gasteiger partial charge >= 0.3 is 0 Å². The monoisotopic (exact) mass is 229 g/mol. The van der Waals surface area contributed by atoms with Gasteiger partial charge in [-0.25, -0.2) is 0 Å². The van der Waals surface area contributed by atoms with Crippen LogP contribution in [0.1, 0.15) is 24.2 Å². The van der Waals surface area contributed by atoms with Crippen molar-refractivity contribution in [1.29, 1.82) is 0 Å². The molecule has 0 aliphatic heterocycles. The van der Waals surface area contributed by atoms with Crippen LogP contribution in [0.25, 0.3) is 10.9 Å². The summed E-state index contributed by atoms with van der Waals surface area (Å²) in [7, 11) is 0. The van der Waals surface area contributed by atoms with Gasteiger partial charge in [0, 0.05) is 17.1 Å². The Morgan fingerprint density at radius 2 is 2.00 bits per heavy atom. The number of benzene rings is 1. The number of hydrogen-bond acceptors (Lipinski definition) is 3. The Morgan fingerprint density at radius 1 is 1.29 bits per heavy atom. The first-order chi connectivity index (χ1) is 8.09. The van der Waals surface area contributed by atoms with Gasteiger partial charge in [-0.2, -0.15) is 0 Å². The second-order valence-electron chi connectivity index (χ2n) is 4.47. The third-order valence-corrected chi connectivity index (χ3v) is 2.78. The zero-order chi connectivity index (χ0) is 12.4. The van der Waals surface area contributed by atoms with E-state index in [9.17, 15) is 9.90 Å². The molecule has 1 heterocycles. The van der Waals surface area contributed by atoms with E-state index in [2.05, 4.69) is 4.98 Å². The summed E-state index contributed by atoms with van der Waals surface area (Å²) in [5, 5.41) is 10.7. The molecule has 1 aromatic heterocycles. The van der Waals surface area contributed by atoms with Gasteiger partial charge in [0.2, 0.25) is 0 Å². The Kier molecular flexibility index (Phi) is 3.20. The first kappa shape index (κ1) is 11.7. The smallest absolute Gasteiger partial charge is 0.193 e. The van der Waals surface area contributed by atoms with E-state index in [1.54, 1.807) is 6.07 Å². The summed E-state index contributed by atoms with van der Waals surface area (Å²) in [5.41, 5.74) is 1.31. The van der Waals surface area contributed by atoms with Crippen molar-refractivity contribution in [3.05, 3.63) is 42.1 Å². The average molecular weight is 229 g/mol. The highest BCUT2D eigenvalue weighted by atomic mass is 16.3. The fraction of sp³-hybridized carbons (Fsp3) is 0.286. The van der Waals surface area contributed by atoms with Gasteiger partial charge in [-0.3, -0.25) is 9.78 Å². The molecule has 1 atom stereocenters. The number of fused-ring (bicyclic) bond motifs is 1. The first-order valence-corrected chi connectivity index (χ1v) is 5.66. The van der Waals surface area contributed by atoms with E-state index in [1.165, 1.54) is 6.20 Å². The molecule has 0 spiro atoms. The fourth-order valence-corrected chi connectivity index (χ4v) is 1.68. The van der Waals surface area contributed by atoms with Gasteiger partial charge < -0.3 is 5.11 Å². The Morgan fingerprint density at radius 3 is 2.71 bits per heavy atom. The van der Waals surface area contributed by atoms with Crippen LogP contribution in [0.2, 0.25) is 0 Å². The number of pyridine rings is 1. The molecular weight excluding hydrogens is 214 g/mol. The van der Waals surface area contributed by atoms with E-state index in [-0.39, 0.29) is 11.7 Å². The number of aliphatic hydroxyl groups is 1. The standard InChI is InChI=1S/C14H15NO2/c1-9(2)13(16)14(17)11-7-10-5-3-4-6-12(10)15-8-11/h3-9,13,16H,1-2H3. The van der Waals surface area contributed by atoms with Crippen molar-refractivity contribution >= 4 is 16.7 Å².